The third kappa shape index (κ3) is 1.80. The van der Waals surface area contributed by atoms with Crippen LogP contribution in [0, 0.1) is 0 Å². The molecular formula is C9H9N5O3. The summed E-state index contributed by atoms with van der Waals surface area (Å²) < 4.78 is 2.36. The van der Waals surface area contributed by atoms with Gasteiger partial charge in [-0.3, -0.25) is 4.79 Å². The standard InChI is InChI=1S/C9H9N5O3/c1-5(9(16)17)4-14-8(15)6-3-10-13(2)7(6)11-12-14/h3H,1,4H2,2H3,(H,16,17). The second-order valence-corrected chi connectivity index (χ2v) is 3.47. The summed E-state index contributed by atoms with van der Waals surface area (Å²) in [4.78, 5) is 22.5. The molecular weight excluding hydrogens is 226 g/mol. The number of aliphatic carboxylic acids is 1. The zero-order valence-electron chi connectivity index (χ0n) is 8.99. The zero-order chi connectivity index (χ0) is 12.6. The van der Waals surface area contributed by atoms with E-state index in [1.165, 1.54) is 10.9 Å². The van der Waals surface area contributed by atoms with Gasteiger partial charge in [-0.2, -0.15) is 5.10 Å². The van der Waals surface area contributed by atoms with Gasteiger partial charge in [-0.05, 0) is 0 Å². The van der Waals surface area contributed by atoms with Gasteiger partial charge in [0.05, 0.1) is 18.3 Å². The van der Waals surface area contributed by atoms with Gasteiger partial charge in [0.1, 0.15) is 5.39 Å². The summed E-state index contributed by atoms with van der Waals surface area (Å²) in [5.41, 5.74) is -0.220. The van der Waals surface area contributed by atoms with E-state index in [1.54, 1.807) is 7.05 Å². The molecule has 0 aliphatic rings. The molecule has 8 heteroatoms. The number of hydrogen-bond acceptors (Lipinski definition) is 5. The number of rotatable bonds is 3. The topological polar surface area (TPSA) is 103 Å². The Morgan fingerprint density at radius 2 is 2.29 bits per heavy atom. The van der Waals surface area contributed by atoms with Gasteiger partial charge in [0, 0.05) is 7.05 Å². The van der Waals surface area contributed by atoms with Crippen LogP contribution in [-0.4, -0.2) is 35.9 Å². The van der Waals surface area contributed by atoms with E-state index >= 15 is 0 Å². The van der Waals surface area contributed by atoms with Crippen LogP contribution in [0.3, 0.4) is 0 Å². The van der Waals surface area contributed by atoms with Gasteiger partial charge >= 0.3 is 5.97 Å². The van der Waals surface area contributed by atoms with Crippen molar-refractivity contribution in [3.8, 4) is 0 Å². The lowest BCUT2D eigenvalue weighted by atomic mass is 10.3. The van der Waals surface area contributed by atoms with Crippen LogP contribution in [-0.2, 0) is 18.4 Å². The highest BCUT2D eigenvalue weighted by molar-refractivity contribution is 5.85. The highest BCUT2D eigenvalue weighted by Gasteiger charge is 2.12. The summed E-state index contributed by atoms with van der Waals surface area (Å²) >= 11 is 0. The molecule has 17 heavy (non-hydrogen) atoms. The molecule has 0 amide bonds. The van der Waals surface area contributed by atoms with Crippen LogP contribution in [0.25, 0.3) is 11.0 Å². The predicted molar refractivity (Wildman–Crippen MR) is 57.3 cm³/mol. The monoisotopic (exact) mass is 235 g/mol. The number of aryl methyl sites for hydroxylation is 1. The van der Waals surface area contributed by atoms with E-state index in [1.807, 2.05) is 0 Å². The number of aromatic nitrogens is 5. The fraction of sp³-hybridized carbons (Fsp3) is 0.222. The lowest BCUT2D eigenvalue weighted by Gasteiger charge is -2.02. The van der Waals surface area contributed by atoms with Crippen molar-refractivity contribution in [1.29, 1.82) is 0 Å². The van der Waals surface area contributed by atoms with Gasteiger partial charge < -0.3 is 5.11 Å². The molecule has 0 saturated heterocycles. The van der Waals surface area contributed by atoms with Gasteiger partial charge in [0.15, 0.2) is 5.65 Å². The van der Waals surface area contributed by atoms with Gasteiger partial charge in [-0.15, -0.1) is 5.10 Å². The molecule has 0 atom stereocenters. The largest absolute Gasteiger partial charge is 0.478 e. The second-order valence-electron chi connectivity index (χ2n) is 3.47. The third-order valence-electron chi connectivity index (χ3n) is 2.26. The molecule has 0 saturated carbocycles. The summed E-state index contributed by atoms with van der Waals surface area (Å²) in [5, 5.41) is 20.3. The number of fused-ring (bicyclic) bond motifs is 1. The van der Waals surface area contributed by atoms with Crippen LogP contribution in [0.5, 0.6) is 0 Å². The molecule has 0 bridgehead atoms. The molecule has 0 aliphatic heterocycles. The molecule has 0 fully saturated rings. The zero-order valence-corrected chi connectivity index (χ0v) is 8.99. The first-order valence-corrected chi connectivity index (χ1v) is 4.67. The fourth-order valence-corrected chi connectivity index (χ4v) is 1.33. The molecule has 0 aromatic carbocycles. The van der Waals surface area contributed by atoms with Crippen molar-refractivity contribution in [2.24, 2.45) is 7.05 Å². The Bertz CT molecular complexity index is 669. The van der Waals surface area contributed by atoms with Crippen LogP contribution >= 0.6 is 0 Å². The molecule has 8 nitrogen and oxygen atoms in total. The number of carboxylic acid groups (broad SMARTS) is 1. The first-order chi connectivity index (χ1) is 8.00. The van der Waals surface area contributed by atoms with E-state index in [-0.39, 0.29) is 12.1 Å². The van der Waals surface area contributed by atoms with Crippen LogP contribution < -0.4 is 5.56 Å². The Kier molecular flexibility index (Phi) is 2.47. The average molecular weight is 235 g/mol. The number of nitrogens with zero attached hydrogens (tertiary/aromatic N) is 5. The second kappa shape index (κ2) is 3.81. The van der Waals surface area contributed by atoms with Crippen molar-refractivity contribution in [3.63, 3.8) is 0 Å². The first-order valence-electron chi connectivity index (χ1n) is 4.67. The van der Waals surface area contributed by atoms with Crippen molar-refractivity contribution in [2.45, 2.75) is 6.54 Å². The van der Waals surface area contributed by atoms with E-state index in [4.69, 9.17) is 5.11 Å². The molecule has 0 unspecified atom stereocenters. The predicted octanol–water partition coefficient (Wildman–Crippen LogP) is -0.834. The highest BCUT2D eigenvalue weighted by atomic mass is 16.4. The summed E-state index contributed by atoms with van der Waals surface area (Å²) in [7, 11) is 1.64. The van der Waals surface area contributed by atoms with Crippen molar-refractivity contribution >= 4 is 17.0 Å². The quantitative estimate of drug-likeness (QED) is 0.696. The summed E-state index contributed by atoms with van der Waals surface area (Å²) in [5.74, 6) is -1.18. The molecule has 2 heterocycles. The minimum atomic E-state index is -1.18. The number of hydrogen-bond donors (Lipinski definition) is 1. The first kappa shape index (κ1) is 11.0. The molecule has 2 rings (SSSR count). The Labute approximate surface area is 94.8 Å². The van der Waals surface area contributed by atoms with Crippen LogP contribution in [0.4, 0.5) is 0 Å². The third-order valence-corrected chi connectivity index (χ3v) is 2.26. The molecule has 2 aromatic rings. The van der Waals surface area contributed by atoms with Crippen molar-refractivity contribution < 1.29 is 9.90 Å². The average Bonchev–Trinajstić information content (AvgIpc) is 2.65. The lowest BCUT2D eigenvalue weighted by molar-refractivity contribution is -0.132. The van der Waals surface area contributed by atoms with Gasteiger partial charge in [-0.1, -0.05) is 11.8 Å². The maximum atomic E-state index is 11.9. The molecule has 1 N–H and O–H groups in total. The minimum Gasteiger partial charge on any atom is -0.478 e. The molecule has 0 spiro atoms. The van der Waals surface area contributed by atoms with Gasteiger partial charge in [0.25, 0.3) is 5.56 Å². The van der Waals surface area contributed by atoms with Crippen molar-refractivity contribution in [2.75, 3.05) is 0 Å². The lowest BCUT2D eigenvalue weighted by Crippen LogP contribution is -2.26. The Morgan fingerprint density at radius 1 is 1.59 bits per heavy atom. The maximum absolute atomic E-state index is 11.9. The van der Waals surface area contributed by atoms with E-state index in [2.05, 4.69) is 22.0 Å². The minimum absolute atomic E-state index is 0.135. The Balaban J connectivity index is 2.50. The smallest absolute Gasteiger partial charge is 0.332 e. The summed E-state index contributed by atoms with van der Waals surface area (Å²) in [6.45, 7) is 3.13. The van der Waals surface area contributed by atoms with Crippen molar-refractivity contribution in [3.05, 3.63) is 28.7 Å². The SMILES string of the molecule is C=C(Cn1nnc2c(cnn2C)c1=O)C(=O)O. The summed E-state index contributed by atoms with van der Waals surface area (Å²) in [6.07, 6.45) is 1.37. The van der Waals surface area contributed by atoms with E-state index < -0.39 is 11.5 Å². The number of carboxylic acids is 1. The fourth-order valence-electron chi connectivity index (χ4n) is 1.33. The molecule has 0 radical (unpaired) electrons. The Morgan fingerprint density at radius 3 is 2.94 bits per heavy atom. The molecule has 2 aromatic heterocycles. The van der Waals surface area contributed by atoms with Crippen LogP contribution in [0.15, 0.2) is 23.1 Å². The van der Waals surface area contributed by atoms with E-state index in [0.717, 1.165) is 4.68 Å². The summed E-state index contributed by atoms with van der Waals surface area (Å²) in [6, 6.07) is 0. The van der Waals surface area contributed by atoms with Gasteiger partial charge in [0.2, 0.25) is 0 Å². The van der Waals surface area contributed by atoms with Crippen LogP contribution in [0.2, 0.25) is 0 Å². The van der Waals surface area contributed by atoms with Crippen LogP contribution in [0.1, 0.15) is 0 Å². The highest BCUT2D eigenvalue weighted by Crippen LogP contribution is 2.02. The van der Waals surface area contributed by atoms with Crippen molar-refractivity contribution in [1.82, 2.24) is 24.8 Å². The molecule has 88 valence electrons. The Hall–Kier alpha value is -2.51. The van der Waals surface area contributed by atoms with E-state index in [0.29, 0.717) is 11.0 Å². The normalized spacial score (nSPS) is 10.6. The van der Waals surface area contributed by atoms with E-state index in [9.17, 15) is 9.59 Å². The molecule has 0 aliphatic carbocycles. The van der Waals surface area contributed by atoms with Gasteiger partial charge in [-0.25, -0.2) is 14.2 Å². The number of carbonyl (C=O) groups is 1. The maximum Gasteiger partial charge on any atom is 0.332 e.